The fourth-order valence-electron chi connectivity index (χ4n) is 1.03. The fraction of sp³-hybridized carbons (Fsp3) is 0.100. The predicted octanol–water partition coefficient (Wildman–Crippen LogP) is 2.69. The van der Waals surface area contributed by atoms with Gasteiger partial charge in [-0.3, -0.25) is 0 Å². The minimum Gasteiger partial charge on any atom is -0.417 e. The lowest BCUT2D eigenvalue weighted by Gasteiger charge is -1.99. The molecule has 0 spiro atoms. The molecule has 0 fully saturated rings. The molecule has 1 aromatic carbocycles. The number of oxazole rings is 1. The lowest BCUT2D eigenvalue weighted by Crippen LogP contribution is -1.95. The van der Waals surface area contributed by atoms with Crippen molar-refractivity contribution in [2.45, 2.75) is 6.54 Å². The molecule has 0 saturated carbocycles. The fourth-order valence-corrected chi connectivity index (χ4v) is 1.30. The van der Waals surface area contributed by atoms with Gasteiger partial charge in [-0.25, -0.2) is 0 Å². The topological polar surface area (TPSA) is 61.3 Å². The molecular formula is C10H9BrN2O2. The summed E-state index contributed by atoms with van der Waals surface area (Å²) in [4.78, 5) is 4.02. The largest absolute Gasteiger partial charge is 0.417 e. The highest BCUT2D eigenvalue weighted by Gasteiger charge is 2.04. The Balaban J connectivity index is 2.11. The van der Waals surface area contributed by atoms with Crippen LogP contribution in [0.5, 0.6) is 11.8 Å². The Morgan fingerprint density at radius 1 is 1.33 bits per heavy atom. The summed E-state index contributed by atoms with van der Waals surface area (Å²) < 4.78 is 11.4. The summed E-state index contributed by atoms with van der Waals surface area (Å²) in [5.74, 6) is 0.670. The number of hydrogen-bond donors (Lipinski definition) is 1. The van der Waals surface area contributed by atoms with E-state index in [4.69, 9.17) is 14.9 Å². The predicted molar refractivity (Wildman–Crippen MR) is 58.6 cm³/mol. The summed E-state index contributed by atoms with van der Waals surface area (Å²) in [6.45, 7) is 0.340. The molecule has 5 heteroatoms. The van der Waals surface area contributed by atoms with Gasteiger partial charge in [-0.15, -0.1) is 0 Å². The number of ether oxygens (including phenoxy) is 1. The number of nitrogens with two attached hydrogens (primary N) is 1. The average molecular weight is 269 g/mol. The Morgan fingerprint density at radius 3 is 2.67 bits per heavy atom. The molecule has 2 aromatic rings. The molecule has 0 unspecified atom stereocenters. The molecule has 0 amide bonds. The summed E-state index contributed by atoms with van der Waals surface area (Å²) in [6.07, 6.45) is 1.69. The molecule has 1 aromatic heterocycles. The first kappa shape index (κ1) is 10.2. The zero-order valence-corrected chi connectivity index (χ0v) is 9.40. The van der Waals surface area contributed by atoms with Crippen LogP contribution in [-0.4, -0.2) is 4.98 Å². The molecule has 0 bridgehead atoms. The highest BCUT2D eigenvalue weighted by molar-refractivity contribution is 9.10. The smallest absolute Gasteiger partial charge is 0.399 e. The summed E-state index contributed by atoms with van der Waals surface area (Å²) in [6, 6.07) is 7.39. The van der Waals surface area contributed by atoms with Gasteiger partial charge in [0.25, 0.3) is 0 Å². The zero-order valence-electron chi connectivity index (χ0n) is 7.81. The number of hydrogen-bond acceptors (Lipinski definition) is 4. The lowest BCUT2D eigenvalue weighted by molar-refractivity contribution is 0.330. The van der Waals surface area contributed by atoms with E-state index in [0.717, 1.165) is 4.47 Å². The molecule has 2 N–H and O–H groups in total. The molecule has 4 nitrogen and oxygen atoms in total. The van der Waals surface area contributed by atoms with Gasteiger partial charge in [0.1, 0.15) is 12.0 Å². The molecule has 78 valence electrons. The van der Waals surface area contributed by atoms with E-state index in [0.29, 0.717) is 18.0 Å². The van der Waals surface area contributed by atoms with Crippen LogP contribution in [0.2, 0.25) is 0 Å². The SMILES string of the molecule is NCc1coc(Oc2ccc(Br)cc2)n1. The van der Waals surface area contributed by atoms with Crippen LogP contribution in [-0.2, 0) is 6.54 Å². The minimum absolute atomic E-state index is 0.206. The van der Waals surface area contributed by atoms with Crippen LogP contribution in [0.15, 0.2) is 39.4 Å². The Labute approximate surface area is 95.2 Å². The Hall–Kier alpha value is -1.33. The van der Waals surface area contributed by atoms with Gasteiger partial charge in [-0.1, -0.05) is 15.9 Å². The first-order valence-corrected chi connectivity index (χ1v) is 5.15. The molecule has 0 aliphatic heterocycles. The van der Waals surface area contributed by atoms with Crippen molar-refractivity contribution in [2.24, 2.45) is 5.73 Å². The third kappa shape index (κ3) is 2.57. The maximum Gasteiger partial charge on any atom is 0.399 e. The highest BCUT2D eigenvalue weighted by atomic mass is 79.9. The molecular weight excluding hydrogens is 260 g/mol. The van der Waals surface area contributed by atoms with E-state index >= 15 is 0 Å². The Bertz CT molecular complexity index is 439. The van der Waals surface area contributed by atoms with Crippen molar-refractivity contribution < 1.29 is 9.15 Å². The number of nitrogens with zero attached hydrogens (tertiary/aromatic N) is 1. The summed E-state index contributed by atoms with van der Waals surface area (Å²) in [7, 11) is 0. The van der Waals surface area contributed by atoms with E-state index in [1.54, 1.807) is 0 Å². The summed E-state index contributed by atoms with van der Waals surface area (Å²) in [5.41, 5.74) is 6.06. The number of aromatic nitrogens is 1. The molecule has 0 atom stereocenters. The van der Waals surface area contributed by atoms with E-state index in [1.165, 1.54) is 6.26 Å². The summed E-state index contributed by atoms with van der Waals surface area (Å²) >= 11 is 3.34. The zero-order chi connectivity index (χ0) is 10.7. The Kier molecular flexibility index (Phi) is 3.03. The number of benzene rings is 1. The summed E-state index contributed by atoms with van der Waals surface area (Å²) in [5, 5.41) is 0. The maximum atomic E-state index is 5.39. The van der Waals surface area contributed by atoms with Gasteiger partial charge in [0.05, 0.1) is 5.69 Å². The molecule has 2 rings (SSSR count). The number of halogens is 1. The molecule has 0 aliphatic rings. The van der Waals surface area contributed by atoms with Gasteiger partial charge in [0, 0.05) is 11.0 Å². The maximum absolute atomic E-state index is 5.39. The van der Waals surface area contributed by atoms with Crippen molar-refractivity contribution in [1.82, 2.24) is 4.98 Å². The second-order valence-electron chi connectivity index (χ2n) is 2.86. The van der Waals surface area contributed by atoms with Crippen LogP contribution in [0, 0.1) is 0 Å². The quantitative estimate of drug-likeness (QED) is 0.930. The van der Waals surface area contributed by atoms with Crippen molar-refractivity contribution in [3.63, 3.8) is 0 Å². The van der Waals surface area contributed by atoms with Gasteiger partial charge in [0.2, 0.25) is 0 Å². The van der Waals surface area contributed by atoms with E-state index < -0.39 is 0 Å². The first-order valence-electron chi connectivity index (χ1n) is 4.36. The van der Waals surface area contributed by atoms with Gasteiger partial charge < -0.3 is 14.9 Å². The van der Waals surface area contributed by atoms with Gasteiger partial charge >= 0.3 is 6.08 Å². The van der Waals surface area contributed by atoms with Gasteiger partial charge in [-0.05, 0) is 24.3 Å². The monoisotopic (exact) mass is 268 g/mol. The van der Waals surface area contributed by atoms with Crippen LogP contribution in [0.3, 0.4) is 0 Å². The molecule has 1 heterocycles. The van der Waals surface area contributed by atoms with Crippen LogP contribution in [0.25, 0.3) is 0 Å². The lowest BCUT2D eigenvalue weighted by atomic mass is 10.3. The highest BCUT2D eigenvalue weighted by Crippen LogP contribution is 2.22. The van der Waals surface area contributed by atoms with Crippen molar-refractivity contribution in [3.8, 4) is 11.8 Å². The average Bonchev–Trinajstić information content (AvgIpc) is 2.69. The van der Waals surface area contributed by atoms with E-state index in [1.807, 2.05) is 24.3 Å². The van der Waals surface area contributed by atoms with E-state index in [2.05, 4.69) is 20.9 Å². The second kappa shape index (κ2) is 4.46. The van der Waals surface area contributed by atoms with Crippen LogP contribution in [0.1, 0.15) is 5.69 Å². The van der Waals surface area contributed by atoms with Crippen molar-refractivity contribution in [1.29, 1.82) is 0 Å². The van der Waals surface area contributed by atoms with Crippen molar-refractivity contribution in [2.75, 3.05) is 0 Å². The number of rotatable bonds is 3. The molecule has 0 saturated heterocycles. The Morgan fingerprint density at radius 2 is 2.07 bits per heavy atom. The van der Waals surface area contributed by atoms with E-state index in [9.17, 15) is 0 Å². The third-order valence-corrected chi connectivity index (χ3v) is 2.29. The molecule has 15 heavy (non-hydrogen) atoms. The minimum atomic E-state index is 0.206. The standard InChI is InChI=1S/C10H9BrN2O2/c11-7-1-3-9(4-2-7)15-10-13-8(5-12)6-14-10/h1-4,6H,5,12H2. The van der Waals surface area contributed by atoms with E-state index in [-0.39, 0.29) is 6.08 Å². The van der Waals surface area contributed by atoms with Crippen LogP contribution < -0.4 is 10.5 Å². The third-order valence-electron chi connectivity index (χ3n) is 1.76. The van der Waals surface area contributed by atoms with Gasteiger partial charge in [0.15, 0.2) is 0 Å². The van der Waals surface area contributed by atoms with Crippen LogP contribution in [0.4, 0.5) is 0 Å². The molecule has 0 aliphatic carbocycles. The second-order valence-corrected chi connectivity index (χ2v) is 3.78. The van der Waals surface area contributed by atoms with Crippen molar-refractivity contribution in [3.05, 3.63) is 40.7 Å². The molecule has 0 radical (unpaired) electrons. The normalized spacial score (nSPS) is 10.3. The van der Waals surface area contributed by atoms with Crippen molar-refractivity contribution >= 4 is 15.9 Å². The van der Waals surface area contributed by atoms with Crippen LogP contribution >= 0.6 is 15.9 Å². The first-order chi connectivity index (χ1) is 7.28. The van der Waals surface area contributed by atoms with Gasteiger partial charge in [-0.2, -0.15) is 4.98 Å².